The van der Waals surface area contributed by atoms with Gasteiger partial charge in [-0.05, 0) is 31.8 Å². The molecule has 0 radical (unpaired) electrons. The molecule has 2 N–H and O–H groups in total. The lowest BCUT2D eigenvalue weighted by Gasteiger charge is -2.34. The van der Waals surface area contributed by atoms with Crippen LogP contribution in [-0.4, -0.2) is 60.8 Å². The second-order valence-corrected chi connectivity index (χ2v) is 4.93. The minimum atomic E-state index is -0.982. The molecule has 2 unspecified atom stereocenters. The first kappa shape index (κ1) is 13.3. The van der Waals surface area contributed by atoms with Crippen LogP contribution >= 0.6 is 0 Å². The van der Waals surface area contributed by atoms with Gasteiger partial charge in [0.25, 0.3) is 0 Å². The summed E-state index contributed by atoms with van der Waals surface area (Å²) in [4.78, 5) is 24.7. The van der Waals surface area contributed by atoms with Gasteiger partial charge in [-0.25, -0.2) is 4.79 Å². The Kier molecular flexibility index (Phi) is 4.54. The van der Waals surface area contributed by atoms with Gasteiger partial charge in [-0.1, -0.05) is 0 Å². The number of carbonyl (C=O) groups is 2. The number of ether oxygens (including phenoxy) is 1. The summed E-state index contributed by atoms with van der Waals surface area (Å²) >= 11 is 0. The number of hydrogen-bond acceptors (Lipinski definition) is 4. The lowest BCUT2D eigenvalue weighted by atomic mass is 9.95. The zero-order valence-electron chi connectivity index (χ0n) is 10.4. The third-order valence-electron chi connectivity index (χ3n) is 3.60. The van der Waals surface area contributed by atoms with Crippen molar-refractivity contribution >= 4 is 11.9 Å². The molecule has 0 aromatic rings. The van der Waals surface area contributed by atoms with Gasteiger partial charge in [-0.15, -0.1) is 0 Å². The van der Waals surface area contributed by atoms with Gasteiger partial charge in [0, 0.05) is 13.0 Å². The number of rotatable bonds is 3. The van der Waals surface area contributed by atoms with E-state index >= 15 is 0 Å². The first-order valence-electron chi connectivity index (χ1n) is 6.49. The number of nitrogens with one attached hydrogen (secondary N) is 1. The van der Waals surface area contributed by atoms with Gasteiger partial charge >= 0.3 is 5.97 Å². The Morgan fingerprint density at radius 3 is 2.94 bits per heavy atom. The van der Waals surface area contributed by atoms with Gasteiger partial charge < -0.3 is 20.1 Å². The number of hydrogen-bond donors (Lipinski definition) is 2. The second-order valence-electron chi connectivity index (χ2n) is 4.93. The Hall–Kier alpha value is -1.14. The van der Waals surface area contributed by atoms with Crippen molar-refractivity contribution in [3.8, 4) is 0 Å². The SMILES string of the molecule is O=C(O)C1COCCN1C(=O)CC1CCCNC1. The van der Waals surface area contributed by atoms with E-state index in [0.717, 1.165) is 25.9 Å². The zero-order valence-corrected chi connectivity index (χ0v) is 10.4. The highest BCUT2D eigenvalue weighted by Gasteiger charge is 2.33. The molecule has 0 bridgehead atoms. The van der Waals surface area contributed by atoms with Crippen LogP contribution in [0.15, 0.2) is 0 Å². The van der Waals surface area contributed by atoms with Crippen LogP contribution in [0.2, 0.25) is 0 Å². The third-order valence-corrected chi connectivity index (χ3v) is 3.60. The van der Waals surface area contributed by atoms with Crippen LogP contribution in [0.25, 0.3) is 0 Å². The van der Waals surface area contributed by atoms with Gasteiger partial charge in [0.15, 0.2) is 6.04 Å². The molecule has 2 saturated heterocycles. The molecule has 2 heterocycles. The van der Waals surface area contributed by atoms with E-state index in [2.05, 4.69) is 5.32 Å². The topological polar surface area (TPSA) is 78.9 Å². The molecule has 0 saturated carbocycles. The van der Waals surface area contributed by atoms with E-state index in [1.54, 1.807) is 0 Å². The molecular formula is C12H20N2O4. The van der Waals surface area contributed by atoms with Gasteiger partial charge in [0.05, 0.1) is 13.2 Å². The Balaban J connectivity index is 1.91. The van der Waals surface area contributed by atoms with E-state index in [9.17, 15) is 9.59 Å². The molecule has 2 rings (SSSR count). The number of morpholine rings is 1. The molecular weight excluding hydrogens is 236 g/mol. The molecule has 0 aliphatic carbocycles. The molecule has 0 aromatic heterocycles. The first-order valence-corrected chi connectivity index (χ1v) is 6.49. The maximum absolute atomic E-state index is 12.2. The van der Waals surface area contributed by atoms with Crippen molar-refractivity contribution in [1.82, 2.24) is 10.2 Å². The summed E-state index contributed by atoms with van der Waals surface area (Å²) in [7, 11) is 0. The highest BCUT2D eigenvalue weighted by molar-refractivity contribution is 5.84. The molecule has 6 heteroatoms. The van der Waals surface area contributed by atoms with E-state index in [1.807, 2.05) is 0 Å². The van der Waals surface area contributed by atoms with Crippen LogP contribution in [0.1, 0.15) is 19.3 Å². The Labute approximate surface area is 106 Å². The molecule has 102 valence electrons. The summed E-state index contributed by atoms with van der Waals surface area (Å²) in [5.41, 5.74) is 0. The maximum Gasteiger partial charge on any atom is 0.328 e. The number of carbonyl (C=O) groups excluding carboxylic acids is 1. The molecule has 6 nitrogen and oxygen atoms in total. The summed E-state index contributed by atoms with van der Waals surface area (Å²) in [6.07, 6.45) is 2.57. The van der Waals surface area contributed by atoms with Crippen LogP contribution < -0.4 is 5.32 Å². The standard InChI is InChI=1S/C12H20N2O4/c15-11(6-9-2-1-3-13-7-9)14-4-5-18-8-10(14)12(16)17/h9-10,13H,1-8H2,(H,16,17). The average molecular weight is 256 g/mol. The number of carboxylic acid groups (broad SMARTS) is 1. The highest BCUT2D eigenvalue weighted by atomic mass is 16.5. The predicted octanol–water partition coefficient (Wildman–Crippen LogP) is -0.312. The summed E-state index contributed by atoms with van der Waals surface area (Å²) < 4.78 is 5.13. The molecule has 0 aromatic carbocycles. The number of aliphatic carboxylic acids is 1. The van der Waals surface area contributed by atoms with Crippen LogP contribution in [0.4, 0.5) is 0 Å². The van der Waals surface area contributed by atoms with Gasteiger partial charge in [0.2, 0.25) is 5.91 Å². The fraction of sp³-hybridized carbons (Fsp3) is 0.833. The molecule has 18 heavy (non-hydrogen) atoms. The predicted molar refractivity (Wildman–Crippen MR) is 64.2 cm³/mol. The summed E-state index contributed by atoms with van der Waals surface area (Å²) in [5.74, 6) is -0.701. The largest absolute Gasteiger partial charge is 0.480 e. The normalized spacial score (nSPS) is 29.0. The highest BCUT2D eigenvalue weighted by Crippen LogP contribution is 2.17. The van der Waals surface area contributed by atoms with Crippen molar-refractivity contribution in [1.29, 1.82) is 0 Å². The van der Waals surface area contributed by atoms with E-state index in [1.165, 1.54) is 4.90 Å². The summed E-state index contributed by atoms with van der Waals surface area (Å²) in [6, 6.07) is -0.817. The zero-order chi connectivity index (χ0) is 13.0. The summed E-state index contributed by atoms with van der Waals surface area (Å²) in [6.45, 7) is 2.78. The smallest absolute Gasteiger partial charge is 0.328 e. The first-order chi connectivity index (χ1) is 8.68. The molecule has 2 aliphatic heterocycles. The number of piperidine rings is 1. The number of amides is 1. The van der Waals surface area contributed by atoms with E-state index < -0.39 is 12.0 Å². The van der Waals surface area contributed by atoms with Crippen LogP contribution in [0.3, 0.4) is 0 Å². The Morgan fingerprint density at radius 1 is 1.44 bits per heavy atom. The monoisotopic (exact) mass is 256 g/mol. The average Bonchev–Trinajstić information content (AvgIpc) is 2.40. The van der Waals surface area contributed by atoms with Crippen molar-refractivity contribution in [2.24, 2.45) is 5.92 Å². The minimum absolute atomic E-state index is 0.0561. The quantitative estimate of drug-likeness (QED) is 0.724. The third kappa shape index (κ3) is 3.20. The summed E-state index contributed by atoms with van der Waals surface area (Å²) in [5, 5.41) is 12.3. The number of carboxylic acids is 1. The van der Waals surface area contributed by atoms with Crippen molar-refractivity contribution in [3.63, 3.8) is 0 Å². The van der Waals surface area contributed by atoms with Gasteiger partial charge in [-0.3, -0.25) is 4.79 Å². The molecule has 1 amide bonds. The van der Waals surface area contributed by atoms with Crippen LogP contribution in [0.5, 0.6) is 0 Å². The Morgan fingerprint density at radius 2 is 2.28 bits per heavy atom. The van der Waals surface area contributed by atoms with Crippen molar-refractivity contribution in [2.75, 3.05) is 32.8 Å². The lowest BCUT2D eigenvalue weighted by molar-refractivity contribution is -0.158. The molecule has 2 aliphatic rings. The van der Waals surface area contributed by atoms with Crippen LogP contribution in [-0.2, 0) is 14.3 Å². The maximum atomic E-state index is 12.2. The second kappa shape index (κ2) is 6.15. The van der Waals surface area contributed by atoms with Crippen molar-refractivity contribution in [2.45, 2.75) is 25.3 Å². The minimum Gasteiger partial charge on any atom is -0.480 e. The van der Waals surface area contributed by atoms with Gasteiger partial charge in [0.1, 0.15) is 0 Å². The lowest BCUT2D eigenvalue weighted by Crippen LogP contribution is -2.53. The molecule has 2 fully saturated rings. The van der Waals surface area contributed by atoms with E-state index in [4.69, 9.17) is 9.84 Å². The van der Waals surface area contributed by atoms with Crippen molar-refractivity contribution in [3.05, 3.63) is 0 Å². The van der Waals surface area contributed by atoms with E-state index in [0.29, 0.717) is 25.5 Å². The molecule has 2 atom stereocenters. The van der Waals surface area contributed by atoms with Gasteiger partial charge in [-0.2, -0.15) is 0 Å². The fourth-order valence-corrected chi connectivity index (χ4v) is 2.57. The van der Waals surface area contributed by atoms with Crippen LogP contribution in [0, 0.1) is 5.92 Å². The fourth-order valence-electron chi connectivity index (χ4n) is 2.57. The van der Waals surface area contributed by atoms with E-state index in [-0.39, 0.29) is 12.5 Å². The molecule has 0 spiro atoms. The Bertz CT molecular complexity index is 315. The van der Waals surface area contributed by atoms with Crippen molar-refractivity contribution < 1.29 is 19.4 Å². The number of nitrogens with zero attached hydrogens (tertiary/aromatic N) is 1.